The third-order valence-electron chi connectivity index (χ3n) is 12.3. The van der Waals surface area contributed by atoms with Gasteiger partial charge in [-0.15, -0.1) is 0 Å². The molecular formula is C49H43N5O7S. The Bertz CT molecular complexity index is 2810. The fourth-order valence-corrected chi connectivity index (χ4v) is 9.90. The van der Waals surface area contributed by atoms with Crippen LogP contribution in [0, 0.1) is 0 Å². The van der Waals surface area contributed by atoms with E-state index in [1.807, 2.05) is 54.3 Å². The van der Waals surface area contributed by atoms with Crippen molar-refractivity contribution in [2.24, 2.45) is 0 Å². The highest BCUT2D eigenvalue weighted by Crippen LogP contribution is 2.59. The second-order valence-corrected chi connectivity index (χ2v) is 16.0. The minimum atomic E-state index is -1.38. The van der Waals surface area contributed by atoms with Crippen LogP contribution in [0.2, 0.25) is 0 Å². The SMILES string of the molecule is CCNc1ccc2c(c1)Oc1cc(N(CC)CC)ccc1C21c2ccccc2C(=O)N1CCNC(=S)Nc1ccc2c(c1)C(=O)OC21c2ccc(O)cc2Oc2cc(O)ccc21. The van der Waals surface area contributed by atoms with Crippen molar-refractivity contribution in [1.29, 1.82) is 0 Å². The maximum absolute atomic E-state index is 14.7. The first-order valence-corrected chi connectivity index (χ1v) is 21.2. The summed E-state index contributed by atoms with van der Waals surface area (Å²) in [6, 6.07) is 34.8. The van der Waals surface area contributed by atoms with Crippen LogP contribution in [0.5, 0.6) is 34.5 Å². The van der Waals surface area contributed by atoms with Gasteiger partial charge in [-0.05, 0) is 93.1 Å². The van der Waals surface area contributed by atoms with Gasteiger partial charge in [0.2, 0.25) is 0 Å². The van der Waals surface area contributed by atoms with Gasteiger partial charge in [-0.3, -0.25) is 4.79 Å². The lowest BCUT2D eigenvalue weighted by Crippen LogP contribution is -2.50. The van der Waals surface area contributed by atoms with Crippen molar-refractivity contribution in [2.75, 3.05) is 48.3 Å². The Morgan fingerprint density at radius 2 is 1.29 bits per heavy atom. The molecule has 1 unspecified atom stereocenters. The Hall–Kier alpha value is -7.25. The molecule has 0 radical (unpaired) electrons. The first-order valence-electron chi connectivity index (χ1n) is 20.7. The number of aromatic hydroxyl groups is 2. The van der Waals surface area contributed by atoms with E-state index in [4.69, 9.17) is 26.4 Å². The monoisotopic (exact) mass is 845 g/mol. The van der Waals surface area contributed by atoms with Crippen LogP contribution >= 0.6 is 12.2 Å². The van der Waals surface area contributed by atoms with Gasteiger partial charge in [0, 0.05) is 107 Å². The van der Waals surface area contributed by atoms with E-state index in [1.54, 1.807) is 24.3 Å². The summed E-state index contributed by atoms with van der Waals surface area (Å²) in [5.74, 6) is 1.26. The van der Waals surface area contributed by atoms with Crippen molar-refractivity contribution in [3.8, 4) is 34.5 Å². The van der Waals surface area contributed by atoms with Gasteiger partial charge in [-0.2, -0.15) is 0 Å². The number of hydrogen-bond acceptors (Lipinski definition) is 10. The van der Waals surface area contributed by atoms with Gasteiger partial charge in [0.25, 0.3) is 5.91 Å². The van der Waals surface area contributed by atoms with E-state index >= 15 is 0 Å². The van der Waals surface area contributed by atoms with Gasteiger partial charge in [-0.25, -0.2) is 4.79 Å². The Morgan fingerprint density at radius 1 is 0.677 bits per heavy atom. The molecule has 6 aromatic rings. The van der Waals surface area contributed by atoms with E-state index < -0.39 is 17.1 Å². The number of fused-ring (bicyclic) bond motifs is 12. The largest absolute Gasteiger partial charge is 0.508 e. The predicted molar refractivity (Wildman–Crippen MR) is 240 cm³/mol. The molecule has 4 aliphatic heterocycles. The zero-order valence-corrected chi connectivity index (χ0v) is 35.1. The average Bonchev–Trinajstić information content (AvgIpc) is 3.68. The van der Waals surface area contributed by atoms with E-state index in [0.717, 1.165) is 47.7 Å². The maximum atomic E-state index is 14.7. The number of nitrogens with one attached hydrogen (secondary N) is 3. The number of carbonyl (C=O) groups excluding carboxylic acids is 2. The molecule has 4 heterocycles. The molecule has 312 valence electrons. The van der Waals surface area contributed by atoms with Crippen LogP contribution in [0.1, 0.15) is 74.9 Å². The molecule has 5 N–H and O–H groups in total. The number of anilines is 3. The number of rotatable bonds is 9. The summed E-state index contributed by atoms with van der Waals surface area (Å²) in [5.41, 5.74) is 5.35. The van der Waals surface area contributed by atoms with Crippen molar-refractivity contribution < 1.29 is 34.0 Å². The molecule has 0 aromatic heterocycles. The molecule has 1 amide bonds. The number of ether oxygens (including phenoxy) is 3. The number of phenolic OH excluding ortho intramolecular Hbond substituents is 2. The molecule has 0 aliphatic carbocycles. The zero-order chi connectivity index (χ0) is 42.9. The van der Waals surface area contributed by atoms with Crippen LogP contribution in [0.4, 0.5) is 17.1 Å². The van der Waals surface area contributed by atoms with Crippen LogP contribution in [-0.2, 0) is 15.9 Å². The Balaban J connectivity index is 0.954. The molecule has 12 nitrogen and oxygen atoms in total. The Labute approximate surface area is 363 Å². The fourth-order valence-electron chi connectivity index (χ4n) is 9.68. The van der Waals surface area contributed by atoms with E-state index in [0.29, 0.717) is 68.2 Å². The van der Waals surface area contributed by atoms with Gasteiger partial charge in [0.1, 0.15) is 40.0 Å². The number of carbonyl (C=O) groups is 2. The second-order valence-electron chi connectivity index (χ2n) is 15.6. The quantitative estimate of drug-likeness (QED) is 0.0701. The third kappa shape index (κ3) is 5.75. The number of nitrogens with zero attached hydrogens (tertiary/aromatic N) is 2. The molecule has 13 heteroatoms. The molecular weight excluding hydrogens is 803 g/mol. The summed E-state index contributed by atoms with van der Waals surface area (Å²) < 4.78 is 19.1. The number of benzene rings is 6. The highest BCUT2D eigenvalue weighted by atomic mass is 32.1. The third-order valence-corrected chi connectivity index (χ3v) is 12.6. The van der Waals surface area contributed by atoms with Crippen LogP contribution in [0.15, 0.2) is 115 Å². The molecule has 2 spiro atoms. The Kier molecular flexibility index (Phi) is 9.25. The van der Waals surface area contributed by atoms with Crippen molar-refractivity contribution in [1.82, 2.24) is 10.2 Å². The lowest BCUT2D eigenvalue weighted by molar-refractivity contribution is 0.0224. The summed E-state index contributed by atoms with van der Waals surface area (Å²) >= 11 is 5.82. The van der Waals surface area contributed by atoms with Crippen molar-refractivity contribution in [3.05, 3.63) is 160 Å². The first-order chi connectivity index (χ1) is 30.1. The number of phenols is 2. The molecule has 0 bridgehead atoms. The molecule has 0 saturated heterocycles. The summed E-state index contributed by atoms with van der Waals surface area (Å²) in [6.07, 6.45) is 0. The molecule has 62 heavy (non-hydrogen) atoms. The average molecular weight is 846 g/mol. The fraction of sp³-hybridized carbons (Fsp3) is 0.204. The summed E-state index contributed by atoms with van der Waals surface area (Å²) in [5, 5.41) is 30.8. The zero-order valence-electron chi connectivity index (χ0n) is 34.2. The van der Waals surface area contributed by atoms with Crippen LogP contribution in [-0.4, -0.2) is 64.8 Å². The minimum absolute atomic E-state index is 0.0215. The van der Waals surface area contributed by atoms with E-state index in [2.05, 4.69) is 59.0 Å². The molecule has 4 aliphatic rings. The normalized spacial score (nSPS) is 16.8. The minimum Gasteiger partial charge on any atom is -0.508 e. The number of thiocarbonyl (C=S) groups is 1. The van der Waals surface area contributed by atoms with Gasteiger partial charge in [-0.1, -0.05) is 36.4 Å². The summed E-state index contributed by atoms with van der Waals surface area (Å²) in [6.45, 7) is 9.30. The standard InChI is InChI=1S/C49H43N5O7S/c1-4-50-28-11-17-37-41(24-28)59-42-25-30(53(5-2)6-3)13-18-38(42)48(37)35-10-8-7-9-33(35)45(57)54(48)22-21-51-47(62)52-29-12-16-36-34(23-29)46(58)61-49(36)39-19-14-31(55)26-43(39)60-44-27-32(56)15-20-40(44)49/h7-20,23-27,50,55-56H,4-6,21-22H2,1-3H3,(H2,51,52,62). The van der Waals surface area contributed by atoms with E-state index in [-0.39, 0.29) is 24.0 Å². The van der Waals surface area contributed by atoms with Crippen molar-refractivity contribution in [3.63, 3.8) is 0 Å². The lowest BCUT2D eigenvalue weighted by atomic mass is 9.74. The van der Waals surface area contributed by atoms with E-state index in [9.17, 15) is 19.8 Å². The molecule has 0 saturated carbocycles. The Morgan fingerprint density at radius 3 is 1.98 bits per heavy atom. The van der Waals surface area contributed by atoms with Crippen LogP contribution in [0.25, 0.3) is 0 Å². The summed E-state index contributed by atoms with van der Waals surface area (Å²) in [7, 11) is 0. The van der Waals surface area contributed by atoms with Crippen LogP contribution < -0.4 is 30.3 Å². The highest BCUT2D eigenvalue weighted by Gasteiger charge is 2.57. The molecule has 6 aromatic carbocycles. The predicted octanol–water partition coefficient (Wildman–Crippen LogP) is 8.78. The molecule has 10 rings (SSSR count). The smallest absolute Gasteiger partial charge is 0.340 e. The summed E-state index contributed by atoms with van der Waals surface area (Å²) in [4.78, 5) is 32.6. The molecule has 1 atom stereocenters. The topological polar surface area (TPSA) is 145 Å². The highest BCUT2D eigenvalue weighted by molar-refractivity contribution is 7.80. The van der Waals surface area contributed by atoms with Crippen molar-refractivity contribution >= 4 is 46.3 Å². The van der Waals surface area contributed by atoms with Crippen LogP contribution in [0.3, 0.4) is 0 Å². The first kappa shape index (κ1) is 38.9. The van der Waals surface area contributed by atoms with Gasteiger partial charge < -0.3 is 50.2 Å². The van der Waals surface area contributed by atoms with E-state index in [1.165, 1.54) is 24.3 Å². The number of amides is 1. The lowest BCUT2D eigenvalue weighted by Gasteiger charge is -2.44. The van der Waals surface area contributed by atoms with Crippen molar-refractivity contribution in [2.45, 2.75) is 31.9 Å². The van der Waals surface area contributed by atoms with Gasteiger partial charge in [0.05, 0.1) is 5.56 Å². The number of hydrogen-bond donors (Lipinski definition) is 5. The maximum Gasteiger partial charge on any atom is 0.340 e. The number of esters is 1. The van der Waals surface area contributed by atoms with Gasteiger partial charge >= 0.3 is 5.97 Å². The molecule has 0 fully saturated rings. The second kappa shape index (κ2) is 14.7. The van der Waals surface area contributed by atoms with Gasteiger partial charge in [0.15, 0.2) is 10.7 Å².